The molecular weight excluding hydrogens is 328 g/mol. The zero-order chi connectivity index (χ0) is 14.8. The van der Waals surface area contributed by atoms with Crippen molar-refractivity contribution in [3.63, 3.8) is 0 Å². The Kier molecular flexibility index (Phi) is 4.87. The van der Waals surface area contributed by atoms with Gasteiger partial charge in [0.05, 0.1) is 6.61 Å². The van der Waals surface area contributed by atoms with Crippen molar-refractivity contribution >= 4 is 15.9 Å². The molecule has 1 aromatic carbocycles. The number of benzene rings is 1. The molecule has 1 N–H and O–H groups in total. The average molecular weight is 353 g/mol. The second kappa shape index (κ2) is 6.67. The van der Waals surface area contributed by atoms with Crippen LogP contribution in [0.3, 0.4) is 0 Å². The molecule has 0 aliphatic carbocycles. The minimum atomic E-state index is 0.432. The van der Waals surface area contributed by atoms with E-state index in [-0.39, 0.29) is 0 Å². The summed E-state index contributed by atoms with van der Waals surface area (Å²) >= 11 is 3.58. The maximum atomic E-state index is 5.78. The number of ether oxygens (including phenoxy) is 1. The smallest absolute Gasteiger partial charge is 0.124 e. The third kappa shape index (κ3) is 3.61. The number of rotatable bonds is 3. The Labute approximate surface area is 136 Å². The van der Waals surface area contributed by atoms with Gasteiger partial charge in [-0.15, -0.1) is 0 Å². The molecule has 4 heteroatoms. The molecule has 0 saturated carbocycles. The summed E-state index contributed by atoms with van der Waals surface area (Å²) in [4.78, 5) is 2.58. The molecule has 0 amide bonds. The Morgan fingerprint density at radius 3 is 2.71 bits per heavy atom. The molecule has 2 aliphatic heterocycles. The van der Waals surface area contributed by atoms with Crippen LogP contribution in [-0.2, 0) is 0 Å². The van der Waals surface area contributed by atoms with Crippen molar-refractivity contribution in [2.75, 3.05) is 19.7 Å². The fourth-order valence-electron chi connectivity index (χ4n) is 3.41. The summed E-state index contributed by atoms with van der Waals surface area (Å²) in [5, 5.41) is 3.87. The van der Waals surface area contributed by atoms with Gasteiger partial charge in [0.25, 0.3) is 0 Å². The van der Waals surface area contributed by atoms with Gasteiger partial charge < -0.3 is 15.0 Å². The van der Waals surface area contributed by atoms with Gasteiger partial charge in [-0.1, -0.05) is 15.9 Å². The van der Waals surface area contributed by atoms with Crippen molar-refractivity contribution in [2.24, 2.45) is 0 Å². The highest BCUT2D eigenvalue weighted by Crippen LogP contribution is 2.34. The molecule has 0 aromatic heterocycles. The highest BCUT2D eigenvalue weighted by Gasteiger charge is 2.27. The molecule has 1 aromatic rings. The summed E-state index contributed by atoms with van der Waals surface area (Å²) in [6.45, 7) is 7.82. The normalized spacial score (nSPS) is 23.9. The van der Waals surface area contributed by atoms with Gasteiger partial charge in [0.15, 0.2) is 0 Å². The van der Waals surface area contributed by atoms with Crippen molar-refractivity contribution in [1.82, 2.24) is 10.2 Å². The number of nitrogens with one attached hydrogen (secondary N) is 1. The number of piperidine rings is 1. The molecule has 116 valence electrons. The Balaban J connectivity index is 1.63. The number of nitrogens with zero attached hydrogens (tertiary/aromatic N) is 1. The van der Waals surface area contributed by atoms with Gasteiger partial charge in [-0.2, -0.15) is 0 Å². The highest BCUT2D eigenvalue weighted by atomic mass is 79.9. The predicted octanol–water partition coefficient (Wildman–Crippen LogP) is 3.74. The van der Waals surface area contributed by atoms with Crippen molar-refractivity contribution < 1.29 is 4.74 Å². The van der Waals surface area contributed by atoms with E-state index >= 15 is 0 Å². The predicted molar refractivity (Wildman–Crippen MR) is 89.9 cm³/mol. The zero-order valence-electron chi connectivity index (χ0n) is 12.9. The summed E-state index contributed by atoms with van der Waals surface area (Å²) in [6, 6.07) is 8.08. The van der Waals surface area contributed by atoms with Crippen molar-refractivity contribution in [1.29, 1.82) is 0 Å². The second-order valence-corrected chi connectivity index (χ2v) is 7.36. The Morgan fingerprint density at radius 1 is 1.24 bits per heavy atom. The topological polar surface area (TPSA) is 24.5 Å². The van der Waals surface area contributed by atoms with Crippen LogP contribution in [0, 0.1) is 0 Å². The van der Waals surface area contributed by atoms with Crippen LogP contribution in [0.15, 0.2) is 22.7 Å². The highest BCUT2D eigenvalue weighted by molar-refractivity contribution is 9.10. The van der Waals surface area contributed by atoms with Crippen LogP contribution in [0.1, 0.15) is 44.7 Å². The minimum absolute atomic E-state index is 0.432. The zero-order valence-corrected chi connectivity index (χ0v) is 14.5. The van der Waals surface area contributed by atoms with E-state index in [1.807, 2.05) is 0 Å². The van der Waals surface area contributed by atoms with E-state index < -0.39 is 0 Å². The summed E-state index contributed by atoms with van der Waals surface area (Å²) in [6.07, 6.45) is 3.56. The van der Waals surface area contributed by atoms with Gasteiger partial charge in [0.2, 0.25) is 0 Å². The van der Waals surface area contributed by atoms with Gasteiger partial charge in [-0.3, -0.25) is 0 Å². The van der Waals surface area contributed by atoms with E-state index in [2.05, 4.69) is 58.2 Å². The van der Waals surface area contributed by atoms with Crippen LogP contribution >= 0.6 is 15.9 Å². The number of fused-ring (bicyclic) bond motifs is 1. The summed E-state index contributed by atoms with van der Waals surface area (Å²) in [7, 11) is 0. The van der Waals surface area contributed by atoms with E-state index in [0.29, 0.717) is 18.1 Å². The SMILES string of the molecule is CC(C)N1CCC(NC2CCOc3ccc(Br)cc32)CC1. The number of likely N-dealkylation sites (tertiary alicyclic amines) is 1. The van der Waals surface area contributed by atoms with Crippen LogP contribution in [0.2, 0.25) is 0 Å². The molecule has 1 atom stereocenters. The van der Waals surface area contributed by atoms with Gasteiger partial charge in [0.1, 0.15) is 5.75 Å². The third-order valence-electron chi connectivity index (χ3n) is 4.71. The molecule has 0 spiro atoms. The van der Waals surface area contributed by atoms with E-state index in [4.69, 9.17) is 4.74 Å². The van der Waals surface area contributed by atoms with Crippen LogP contribution in [0.5, 0.6) is 5.75 Å². The van der Waals surface area contributed by atoms with Crippen LogP contribution < -0.4 is 10.1 Å². The fourth-order valence-corrected chi connectivity index (χ4v) is 3.78. The van der Waals surface area contributed by atoms with E-state index in [9.17, 15) is 0 Å². The Hall–Kier alpha value is -0.580. The molecule has 1 saturated heterocycles. The quantitative estimate of drug-likeness (QED) is 0.896. The molecule has 3 rings (SSSR count). The lowest BCUT2D eigenvalue weighted by molar-refractivity contribution is 0.150. The fraction of sp³-hybridized carbons (Fsp3) is 0.647. The monoisotopic (exact) mass is 352 g/mol. The largest absolute Gasteiger partial charge is 0.493 e. The Morgan fingerprint density at radius 2 is 2.00 bits per heavy atom. The standard InChI is InChI=1S/C17H25BrN2O/c1-12(2)20-8-5-14(6-9-20)19-16-7-10-21-17-4-3-13(18)11-15(16)17/h3-4,11-12,14,16,19H,5-10H2,1-2H3. The summed E-state index contributed by atoms with van der Waals surface area (Å²) < 4.78 is 6.91. The van der Waals surface area contributed by atoms with Crippen LogP contribution in [0.25, 0.3) is 0 Å². The van der Waals surface area contributed by atoms with Crippen molar-refractivity contribution in [3.8, 4) is 5.75 Å². The van der Waals surface area contributed by atoms with Crippen LogP contribution in [-0.4, -0.2) is 36.7 Å². The van der Waals surface area contributed by atoms with E-state index in [1.54, 1.807) is 0 Å². The third-order valence-corrected chi connectivity index (χ3v) is 5.20. The lowest BCUT2D eigenvalue weighted by Gasteiger charge is -2.37. The maximum Gasteiger partial charge on any atom is 0.124 e. The molecule has 1 fully saturated rings. The molecule has 0 bridgehead atoms. The van der Waals surface area contributed by atoms with E-state index in [0.717, 1.165) is 23.2 Å². The molecule has 2 aliphatic rings. The molecule has 21 heavy (non-hydrogen) atoms. The average Bonchev–Trinajstić information content (AvgIpc) is 2.48. The van der Waals surface area contributed by atoms with Crippen molar-refractivity contribution in [3.05, 3.63) is 28.2 Å². The first-order valence-corrected chi connectivity index (χ1v) is 8.85. The van der Waals surface area contributed by atoms with Crippen LogP contribution in [0.4, 0.5) is 0 Å². The van der Waals surface area contributed by atoms with Crippen molar-refractivity contribution in [2.45, 2.75) is 51.2 Å². The number of hydrogen-bond acceptors (Lipinski definition) is 3. The maximum absolute atomic E-state index is 5.78. The summed E-state index contributed by atoms with van der Waals surface area (Å²) in [5.41, 5.74) is 1.31. The summed E-state index contributed by atoms with van der Waals surface area (Å²) in [5.74, 6) is 1.04. The second-order valence-electron chi connectivity index (χ2n) is 6.44. The molecular formula is C17H25BrN2O. The first-order valence-electron chi connectivity index (χ1n) is 8.06. The Bertz CT molecular complexity index is 484. The van der Waals surface area contributed by atoms with Gasteiger partial charge in [-0.05, 0) is 58.0 Å². The first kappa shape index (κ1) is 15.3. The number of hydrogen-bond donors (Lipinski definition) is 1. The first-order chi connectivity index (χ1) is 10.1. The van der Waals surface area contributed by atoms with E-state index in [1.165, 1.54) is 31.5 Å². The lowest BCUT2D eigenvalue weighted by Crippen LogP contribution is -2.46. The van der Waals surface area contributed by atoms with Gasteiger partial charge in [0, 0.05) is 34.6 Å². The minimum Gasteiger partial charge on any atom is -0.493 e. The molecule has 2 heterocycles. The molecule has 3 nitrogen and oxygen atoms in total. The molecule has 1 unspecified atom stereocenters. The van der Waals surface area contributed by atoms with Gasteiger partial charge in [-0.25, -0.2) is 0 Å². The lowest BCUT2D eigenvalue weighted by atomic mass is 9.96. The number of halogens is 1. The molecule has 0 radical (unpaired) electrons. The van der Waals surface area contributed by atoms with Gasteiger partial charge >= 0.3 is 0 Å².